The quantitative estimate of drug-likeness (QED) is 0.579. The molecule has 2 aromatic rings. The van der Waals surface area contributed by atoms with Crippen LogP contribution in [0, 0.1) is 12.7 Å². The molecule has 1 aliphatic heterocycles. The van der Waals surface area contributed by atoms with Crippen LogP contribution in [0.3, 0.4) is 0 Å². The van der Waals surface area contributed by atoms with Crippen molar-refractivity contribution < 1.29 is 23.5 Å². The summed E-state index contributed by atoms with van der Waals surface area (Å²) in [5.74, 6) is -1.26. The van der Waals surface area contributed by atoms with Crippen LogP contribution in [-0.4, -0.2) is 60.6 Å². The van der Waals surface area contributed by atoms with Gasteiger partial charge in [-0.2, -0.15) is 4.37 Å². The lowest BCUT2D eigenvalue weighted by molar-refractivity contribution is 0.0388. The van der Waals surface area contributed by atoms with Crippen LogP contribution < -0.4 is 21.1 Å². The van der Waals surface area contributed by atoms with Crippen LogP contribution in [0.15, 0.2) is 18.2 Å². The number of morpholine rings is 1. The Morgan fingerprint density at radius 3 is 2.83 bits per heavy atom. The van der Waals surface area contributed by atoms with E-state index in [-0.39, 0.29) is 23.1 Å². The van der Waals surface area contributed by atoms with E-state index in [0.29, 0.717) is 31.9 Å². The third kappa shape index (κ3) is 5.88. The summed E-state index contributed by atoms with van der Waals surface area (Å²) in [6.07, 6.45) is 0. The number of urea groups is 1. The van der Waals surface area contributed by atoms with Gasteiger partial charge in [0.25, 0.3) is 5.91 Å². The van der Waals surface area contributed by atoms with Crippen LogP contribution in [0.2, 0.25) is 0 Å². The molecular weight excluding hydrogens is 413 g/mol. The molecule has 0 saturated carbocycles. The molecule has 1 aliphatic rings. The van der Waals surface area contributed by atoms with Gasteiger partial charge in [0.2, 0.25) is 5.88 Å². The number of halogens is 1. The number of aryl methyl sites for hydroxylation is 1. The molecule has 2 heterocycles. The van der Waals surface area contributed by atoms with E-state index in [1.54, 1.807) is 19.1 Å². The van der Waals surface area contributed by atoms with Crippen LogP contribution in [-0.2, 0) is 11.3 Å². The minimum Gasteiger partial charge on any atom is -0.471 e. The molecule has 0 bridgehead atoms. The van der Waals surface area contributed by atoms with E-state index in [1.165, 1.54) is 6.07 Å². The minimum absolute atomic E-state index is 0.0453. The van der Waals surface area contributed by atoms with E-state index in [2.05, 4.69) is 19.9 Å². The molecule has 4 N–H and O–H groups in total. The smallest absolute Gasteiger partial charge is 0.319 e. The number of anilines is 1. The Morgan fingerprint density at radius 1 is 1.37 bits per heavy atom. The predicted molar refractivity (Wildman–Crippen MR) is 110 cm³/mol. The van der Waals surface area contributed by atoms with Crippen molar-refractivity contribution in [3.8, 4) is 5.88 Å². The summed E-state index contributed by atoms with van der Waals surface area (Å²) >= 11 is 0.868. The first-order chi connectivity index (χ1) is 14.4. The number of nitrogens with one attached hydrogen (secondary N) is 2. The lowest BCUT2D eigenvalue weighted by Gasteiger charge is -2.26. The molecule has 3 rings (SSSR count). The Bertz CT molecular complexity index is 901. The monoisotopic (exact) mass is 437 g/mol. The molecule has 9 nitrogen and oxygen atoms in total. The third-order valence-corrected chi connectivity index (χ3v) is 5.27. The largest absolute Gasteiger partial charge is 0.471 e. The molecule has 0 radical (unpaired) electrons. The van der Waals surface area contributed by atoms with Crippen molar-refractivity contribution in [3.05, 3.63) is 40.7 Å². The zero-order valence-electron chi connectivity index (χ0n) is 16.6. The van der Waals surface area contributed by atoms with Crippen LogP contribution in [0.5, 0.6) is 5.88 Å². The fraction of sp³-hybridized carbons (Fsp3) is 0.421. The van der Waals surface area contributed by atoms with Crippen molar-refractivity contribution in [2.24, 2.45) is 5.73 Å². The molecule has 0 unspecified atom stereocenters. The van der Waals surface area contributed by atoms with E-state index in [1.807, 2.05) is 0 Å². The first-order valence-corrected chi connectivity index (χ1v) is 10.2. The van der Waals surface area contributed by atoms with Gasteiger partial charge in [-0.05, 0) is 30.1 Å². The third-order valence-electron chi connectivity index (χ3n) is 4.52. The normalized spacial score (nSPS) is 14.3. The van der Waals surface area contributed by atoms with Gasteiger partial charge in [0.1, 0.15) is 23.0 Å². The molecule has 0 spiro atoms. The van der Waals surface area contributed by atoms with Gasteiger partial charge in [0, 0.05) is 31.7 Å². The minimum atomic E-state index is -0.799. The highest BCUT2D eigenvalue weighted by Gasteiger charge is 2.22. The molecule has 11 heteroatoms. The van der Waals surface area contributed by atoms with Crippen molar-refractivity contribution in [2.75, 3.05) is 44.7 Å². The van der Waals surface area contributed by atoms with Crippen molar-refractivity contribution in [1.29, 1.82) is 0 Å². The Labute approximate surface area is 177 Å². The number of aromatic nitrogens is 1. The van der Waals surface area contributed by atoms with Gasteiger partial charge < -0.3 is 20.5 Å². The Kier molecular flexibility index (Phi) is 7.55. The molecule has 3 amide bonds. The average molecular weight is 437 g/mol. The number of ether oxygens (including phenoxy) is 2. The summed E-state index contributed by atoms with van der Waals surface area (Å²) in [4.78, 5) is 26.2. The highest BCUT2D eigenvalue weighted by atomic mass is 32.1. The summed E-state index contributed by atoms with van der Waals surface area (Å²) in [5.41, 5.74) is 6.49. The first kappa shape index (κ1) is 21.9. The number of rotatable bonds is 8. The number of benzene rings is 1. The number of nitrogens with two attached hydrogens (primary N) is 1. The summed E-state index contributed by atoms with van der Waals surface area (Å²) in [7, 11) is 0. The maximum Gasteiger partial charge on any atom is 0.319 e. The van der Waals surface area contributed by atoms with E-state index in [0.717, 1.165) is 30.2 Å². The molecule has 0 atom stereocenters. The van der Waals surface area contributed by atoms with Crippen molar-refractivity contribution in [1.82, 2.24) is 14.6 Å². The number of carbonyl (C=O) groups is 2. The molecular formula is C19H24FN5O4S. The van der Waals surface area contributed by atoms with Crippen LogP contribution in [0.1, 0.15) is 21.5 Å². The summed E-state index contributed by atoms with van der Waals surface area (Å²) in [6.45, 7) is 5.81. The fourth-order valence-electron chi connectivity index (χ4n) is 2.89. The van der Waals surface area contributed by atoms with Gasteiger partial charge in [0.05, 0.1) is 13.2 Å². The zero-order valence-corrected chi connectivity index (χ0v) is 17.4. The molecule has 1 fully saturated rings. The first-order valence-electron chi connectivity index (χ1n) is 9.46. The topological polar surface area (TPSA) is 119 Å². The maximum atomic E-state index is 14.0. The van der Waals surface area contributed by atoms with Gasteiger partial charge >= 0.3 is 6.03 Å². The fourth-order valence-corrected chi connectivity index (χ4v) is 3.63. The second-order valence-corrected chi connectivity index (χ2v) is 7.55. The number of amides is 3. The van der Waals surface area contributed by atoms with Crippen molar-refractivity contribution in [3.63, 3.8) is 0 Å². The van der Waals surface area contributed by atoms with Crippen molar-refractivity contribution in [2.45, 2.75) is 13.5 Å². The van der Waals surface area contributed by atoms with Crippen LogP contribution >= 0.6 is 11.5 Å². The molecule has 1 aromatic carbocycles. The second kappa shape index (κ2) is 10.3. The summed E-state index contributed by atoms with van der Waals surface area (Å²) in [6, 6.07) is 4.27. The number of primary amides is 1. The summed E-state index contributed by atoms with van der Waals surface area (Å²) in [5, 5.41) is 5.48. The second-order valence-electron chi connectivity index (χ2n) is 6.77. The molecule has 162 valence electrons. The maximum absolute atomic E-state index is 14.0. The van der Waals surface area contributed by atoms with Gasteiger partial charge in [-0.25, -0.2) is 9.18 Å². The van der Waals surface area contributed by atoms with Gasteiger partial charge in [-0.1, -0.05) is 12.1 Å². The zero-order chi connectivity index (χ0) is 21.5. The van der Waals surface area contributed by atoms with E-state index < -0.39 is 17.8 Å². The number of nitrogens with zero attached hydrogens (tertiary/aromatic N) is 2. The predicted octanol–water partition coefficient (Wildman–Crippen LogP) is 1.72. The van der Waals surface area contributed by atoms with E-state index >= 15 is 0 Å². The van der Waals surface area contributed by atoms with Gasteiger partial charge in [0.15, 0.2) is 0 Å². The average Bonchev–Trinajstić information content (AvgIpc) is 3.10. The van der Waals surface area contributed by atoms with Crippen LogP contribution in [0.4, 0.5) is 14.2 Å². The Balaban J connectivity index is 1.56. The lowest BCUT2D eigenvalue weighted by atomic mass is 10.1. The number of hydrogen-bond acceptors (Lipinski definition) is 7. The number of hydrogen-bond donors (Lipinski definition) is 3. The van der Waals surface area contributed by atoms with E-state index in [4.69, 9.17) is 15.2 Å². The van der Waals surface area contributed by atoms with Crippen LogP contribution in [0.25, 0.3) is 0 Å². The number of carbonyl (C=O) groups excluding carboxylic acids is 2. The summed E-state index contributed by atoms with van der Waals surface area (Å²) < 4.78 is 28.8. The molecule has 1 aromatic heterocycles. The van der Waals surface area contributed by atoms with Crippen molar-refractivity contribution >= 4 is 28.5 Å². The molecule has 0 aliphatic carbocycles. The highest BCUT2D eigenvalue weighted by Crippen LogP contribution is 2.30. The Hall–Kier alpha value is -2.76. The highest BCUT2D eigenvalue weighted by molar-refractivity contribution is 7.11. The Morgan fingerprint density at radius 2 is 2.13 bits per heavy atom. The van der Waals surface area contributed by atoms with Gasteiger partial charge in [-0.3, -0.25) is 15.0 Å². The van der Waals surface area contributed by atoms with Gasteiger partial charge in [-0.15, -0.1) is 0 Å². The van der Waals surface area contributed by atoms with E-state index in [9.17, 15) is 14.0 Å². The standard InChI is InChI=1S/C19H24FN5O4S/c1-12-2-3-13(14(20)10-12)11-29-17-15(16(21)26)18(30-24-17)23-19(27)22-4-5-25-6-8-28-9-7-25/h2-3,10H,4-9,11H2,1H3,(H2,21,26)(H2,22,23,27). The lowest BCUT2D eigenvalue weighted by Crippen LogP contribution is -2.42. The SMILES string of the molecule is Cc1ccc(COc2nsc(NC(=O)NCCN3CCOCC3)c2C(N)=O)c(F)c1. The molecule has 30 heavy (non-hydrogen) atoms. The molecule has 1 saturated heterocycles.